The first-order valence-electron chi connectivity index (χ1n) is 4.72. The molecule has 0 fully saturated rings. The summed E-state index contributed by atoms with van der Waals surface area (Å²) in [7, 11) is 1.00. The Morgan fingerprint density at radius 3 is 1.00 bits per heavy atom. The second-order valence-electron chi connectivity index (χ2n) is 3.21. The Morgan fingerprint density at radius 1 is 0.929 bits per heavy atom. The van der Waals surface area contributed by atoms with Gasteiger partial charge in [-0.15, -0.1) is 0 Å². The Bertz CT molecular complexity index is 51.6. The smallest absolute Gasteiger partial charge is 0.0563 e. The van der Waals surface area contributed by atoms with Gasteiger partial charge in [0.2, 0.25) is 0 Å². The van der Waals surface area contributed by atoms with Gasteiger partial charge in [-0.05, 0) is 34.1 Å². The van der Waals surface area contributed by atoms with Crippen LogP contribution in [0.5, 0.6) is 0 Å². The van der Waals surface area contributed by atoms with E-state index in [2.05, 4.69) is 0 Å². The molecule has 0 amide bonds. The summed E-state index contributed by atoms with van der Waals surface area (Å²) >= 11 is 0. The average molecular weight is 212 g/mol. The molecule has 92 valence electrons. The largest absolute Gasteiger partial charge is 0.400 e. The normalized spacial score (nSPS) is 8.14. The average Bonchev–Trinajstić information content (AvgIpc) is 2.06. The van der Waals surface area contributed by atoms with Crippen LogP contribution in [0.3, 0.4) is 0 Å². The van der Waals surface area contributed by atoms with Gasteiger partial charge in [0.05, 0.1) is 5.60 Å². The summed E-state index contributed by atoms with van der Waals surface area (Å²) in [6, 6.07) is 0. The van der Waals surface area contributed by atoms with Crippen LogP contribution in [0.4, 0.5) is 0 Å². The van der Waals surface area contributed by atoms with Crippen molar-refractivity contribution in [3.63, 3.8) is 0 Å². The molecule has 0 saturated heterocycles. The van der Waals surface area contributed by atoms with Crippen LogP contribution in [0.15, 0.2) is 0 Å². The van der Waals surface area contributed by atoms with E-state index in [-0.39, 0.29) is 6.61 Å². The first kappa shape index (κ1) is 23.6. The minimum absolute atomic E-state index is 0.250. The second-order valence-corrected chi connectivity index (χ2v) is 3.21. The van der Waals surface area contributed by atoms with Gasteiger partial charge in [0.1, 0.15) is 0 Å². The van der Waals surface area contributed by atoms with Crippen LogP contribution in [0, 0.1) is 0 Å². The third-order valence-corrected chi connectivity index (χ3v) is 0.224. The fraction of sp³-hybridized carbons (Fsp3) is 1.00. The standard InChI is InChI=1S/C4H10O.C3H8O.C2H6O.CH4O/c1-4(2,3)5;1-2-3-4;1-2-3;1-2/h5H,1-3H3;4H,2-3H2,1H3;3H,2H2,1H3;2H,1H3. The van der Waals surface area contributed by atoms with E-state index in [0.717, 1.165) is 13.5 Å². The highest BCUT2D eigenvalue weighted by molar-refractivity contribution is 4.50. The Morgan fingerprint density at radius 2 is 1.00 bits per heavy atom. The Labute approximate surface area is 88.2 Å². The van der Waals surface area contributed by atoms with E-state index in [0.29, 0.717) is 6.61 Å². The molecule has 0 heterocycles. The molecule has 0 atom stereocenters. The summed E-state index contributed by atoms with van der Waals surface area (Å²) in [5, 5.41) is 31.0. The number of hydrogen-bond acceptors (Lipinski definition) is 4. The maximum atomic E-state index is 8.52. The van der Waals surface area contributed by atoms with Crippen molar-refractivity contribution >= 4 is 0 Å². The molecule has 0 radical (unpaired) electrons. The van der Waals surface area contributed by atoms with E-state index in [4.69, 9.17) is 20.4 Å². The van der Waals surface area contributed by atoms with Crippen molar-refractivity contribution in [1.82, 2.24) is 0 Å². The molecule has 0 aliphatic heterocycles. The summed E-state index contributed by atoms with van der Waals surface area (Å²) in [6.07, 6.45) is 0.875. The van der Waals surface area contributed by atoms with Crippen LogP contribution in [0.25, 0.3) is 0 Å². The van der Waals surface area contributed by atoms with Gasteiger partial charge >= 0.3 is 0 Å². The fourth-order valence-electron chi connectivity index (χ4n) is 0. The van der Waals surface area contributed by atoms with Gasteiger partial charge < -0.3 is 20.4 Å². The highest BCUT2D eigenvalue weighted by Crippen LogP contribution is 1.93. The highest BCUT2D eigenvalue weighted by atomic mass is 16.3. The van der Waals surface area contributed by atoms with Gasteiger partial charge in [0.25, 0.3) is 0 Å². The second kappa shape index (κ2) is 23.0. The molecule has 0 saturated carbocycles. The third kappa shape index (κ3) is 1970. The van der Waals surface area contributed by atoms with Crippen LogP contribution in [-0.2, 0) is 0 Å². The van der Waals surface area contributed by atoms with E-state index in [1.54, 1.807) is 27.7 Å². The van der Waals surface area contributed by atoms with Crippen LogP contribution in [0.1, 0.15) is 41.0 Å². The van der Waals surface area contributed by atoms with Gasteiger partial charge in [0.15, 0.2) is 0 Å². The molecule has 4 heteroatoms. The zero-order valence-electron chi connectivity index (χ0n) is 10.4. The molecule has 0 spiro atoms. The Kier molecular flexibility index (Phi) is 38.8. The van der Waals surface area contributed by atoms with Crippen molar-refractivity contribution in [1.29, 1.82) is 0 Å². The fourth-order valence-corrected chi connectivity index (χ4v) is 0. The predicted molar refractivity (Wildman–Crippen MR) is 60.3 cm³/mol. The molecule has 0 aliphatic rings. The molecule has 0 rings (SSSR count). The number of aliphatic hydroxyl groups excluding tert-OH is 3. The molecule has 0 aromatic heterocycles. The molecular formula is C10H28O4. The van der Waals surface area contributed by atoms with Gasteiger partial charge in [0, 0.05) is 20.3 Å². The summed E-state index contributed by atoms with van der Waals surface area (Å²) in [5.41, 5.74) is -0.500. The van der Waals surface area contributed by atoms with Crippen molar-refractivity contribution in [3.8, 4) is 0 Å². The molecule has 0 aromatic rings. The van der Waals surface area contributed by atoms with Crippen molar-refractivity contribution in [3.05, 3.63) is 0 Å². The van der Waals surface area contributed by atoms with E-state index in [1.165, 1.54) is 0 Å². The first-order valence-corrected chi connectivity index (χ1v) is 4.72. The monoisotopic (exact) mass is 212 g/mol. The predicted octanol–water partition coefficient (Wildman–Crippen LogP) is 0.773. The lowest BCUT2D eigenvalue weighted by atomic mass is 10.2. The maximum absolute atomic E-state index is 8.52. The molecule has 4 nitrogen and oxygen atoms in total. The summed E-state index contributed by atoms with van der Waals surface area (Å²) < 4.78 is 0. The van der Waals surface area contributed by atoms with E-state index in [9.17, 15) is 0 Å². The van der Waals surface area contributed by atoms with Gasteiger partial charge in [-0.2, -0.15) is 0 Å². The molecule has 0 unspecified atom stereocenters. The zero-order valence-corrected chi connectivity index (χ0v) is 10.4. The number of hydrogen-bond donors (Lipinski definition) is 4. The summed E-state index contributed by atoms with van der Waals surface area (Å²) in [4.78, 5) is 0. The lowest BCUT2D eigenvalue weighted by Crippen LogP contribution is -2.10. The zero-order chi connectivity index (χ0) is 12.6. The van der Waals surface area contributed by atoms with Crippen molar-refractivity contribution < 1.29 is 20.4 Å². The van der Waals surface area contributed by atoms with Gasteiger partial charge in [-0.25, -0.2) is 0 Å². The van der Waals surface area contributed by atoms with Gasteiger partial charge in [-0.1, -0.05) is 6.92 Å². The minimum atomic E-state index is -0.500. The highest BCUT2D eigenvalue weighted by Gasteiger charge is 1.97. The van der Waals surface area contributed by atoms with E-state index >= 15 is 0 Å². The third-order valence-electron chi connectivity index (χ3n) is 0.224. The van der Waals surface area contributed by atoms with Crippen LogP contribution < -0.4 is 0 Å². The summed E-state index contributed by atoms with van der Waals surface area (Å²) in [5.74, 6) is 0. The van der Waals surface area contributed by atoms with E-state index < -0.39 is 5.60 Å². The molecule has 14 heavy (non-hydrogen) atoms. The van der Waals surface area contributed by atoms with Crippen LogP contribution in [0.2, 0.25) is 0 Å². The SMILES string of the molecule is CC(C)(C)O.CCCO.CCO.CO. The lowest BCUT2D eigenvalue weighted by Gasteiger charge is -2.04. The van der Waals surface area contributed by atoms with Crippen molar-refractivity contribution in [2.45, 2.75) is 46.6 Å². The lowest BCUT2D eigenvalue weighted by molar-refractivity contribution is 0.102. The van der Waals surface area contributed by atoms with Crippen LogP contribution >= 0.6 is 0 Å². The topological polar surface area (TPSA) is 80.9 Å². The number of aliphatic hydroxyl groups is 4. The summed E-state index contributed by atoms with van der Waals surface area (Å²) in [6.45, 7) is 9.41. The molecule has 4 N–H and O–H groups in total. The first-order chi connectivity index (χ1) is 6.33. The molecule has 0 aliphatic carbocycles. The van der Waals surface area contributed by atoms with Crippen LogP contribution in [-0.4, -0.2) is 46.4 Å². The maximum Gasteiger partial charge on any atom is 0.0563 e. The minimum Gasteiger partial charge on any atom is -0.400 e. The molecule has 0 aromatic carbocycles. The Hall–Kier alpha value is -0.160. The Balaban J connectivity index is -0.0000000505. The number of rotatable bonds is 1. The quantitative estimate of drug-likeness (QED) is 0.517. The molecule has 0 bridgehead atoms. The van der Waals surface area contributed by atoms with Crippen molar-refractivity contribution in [2.75, 3.05) is 20.3 Å². The van der Waals surface area contributed by atoms with Gasteiger partial charge in [-0.3, -0.25) is 0 Å². The van der Waals surface area contributed by atoms with E-state index in [1.807, 2.05) is 6.92 Å². The van der Waals surface area contributed by atoms with Crippen molar-refractivity contribution in [2.24, 2.45) is 0 Å². The molecular weight excluding hydrogens is 184 g/mol.